The molecule has 2 aromatic carbocycles. The Morgan fingerprint density at radius 2 is 1.74 bits per heavy atom. The minimum Gasteiger partial charge on any atom is -0.445 e. The van der Waals surface area contributed by atoms with E-state index in [0.717, 1.165) is 17.7 Å². The molecule has 184 valence electrons. The Morgan fingerprint density at radius 3 is 2.37 bits per heavy atom. The number of ether oxygens (including phenoxy) is 1. The summed E-state index contributed by atoms with van der Waals surface area (Å²) in [6, 6.07) is 14.0. The fourth-order valence-electron chi connectivity index (χ4n) is 3.93. The van der Waals surface area contributed by atoms with Gasteiger partial charge in [-0.2, -0.15) is 13.2 Å². The van der Waals surface area contributed by atoms with Crippen molar-refractivity contribution in [2.45, 2.75) is 32.3 Å². The Morgan fingerprint density at radius 1 is 1.06 bits per heavy atom. The van der Waals surface area contributed by atoms with E-state index < -0.39 is 17.8 Å². The summed E-state index contributed by atoms with van der Waals surface area (Å²) in [7, 11) is 3.49. The SMILES string of the molecule is CN(C)c1nc2c(c(=O)n1Cc1ccc(C(F)(F)F)cc1)CN(C(=O)OCc1ccccc1)CC2. The van der Waals surface area contributed by atoms with E-state index in [4.69, 9.17) is 4.74 Å². The molecule has 0 saturated heterocycles. The lowest BCUT2D eigenvalue weighted by Crippen LogP contribution is -2.42. The number of carbonyl (C=O) groups is 1. The number of hydrogen-bond donors (Lipinski definition) is 0. The molecule has 0 aliphatic carbocycles. The van der Waals surface area contributed by atoms with Crippen LogP contribution in [0.1, 0.15) is 27.9 Å². The number of halogens is 3. The lowest BCUT2D eigenvalue weighted by atomic mass is 10.1. The highest BCUT2D eigenvalue weighted by Crippen LogP contribution is 2.29. The second-order valence-electron chi connectivity index (χ2n) is 8.53. The molecule has 0 N–H and O–H groups in total. The zero-order valence-electron chi connectivity index (χ0n) is 19.4. The molecule has 1 amide bonds. The van der Waals surface area contributed by atoms with E-state index in [2.05, 4.69) is 4.98 Å². The Kier molecular flexibility index (Phi) is 6.81. The van der Waals surface area contributed by atoms with Gasteiger partial charge >= 0.3 is 12.3 Å². The zero-order chi connectivity index (χ0) is 25.2. The minimum absolute atomic E-state index is 0.0449. The highest BCUT2D eigenvalue weighted by molar-refractivity contribution is 5.68. The van der Waals surface area contributed by atoms with Crippen LogP contribution in [0, 0.1) is 0 Å². The van der Waals surface area contributed by atoms with Gasteiger partial charge in [-0.15, -0.1) is 0 Å². The first-order valence-electron chi connectivity index (χ1n) is 11.0. The van der Waals surface area contributed by atoms with Crippen LogP contribution in [-0.2, 0) is 37.0 Å². The fourth-order valence-corrected chi connectivity index (χ4v) is 3.93. The average Bonchev–Trinajstić information content (AvgIpc) is 2.84. The van der Waals surface area contributed by atoms with Crippen molar-refractivity contribution in [1.29, 1.82) is 0 Å². The molecule has 0 radical (unpaired) electrons. The number of rotatable bonds is 5. The molecule has 0 fully saturated rings. The van der Waals surface area contributed by atoms with Crippen LogP contribution in [0.2, 0.25) is 0 Å². The van der Waals surface area contributed by atoms with Gasteiger partial charge in [-0.05, 0) is 23.3 Å². The summed E-state index contributed by atoms with van der Waals surface area (Å²) >= 11 is 0. The number of aromatic nitrogens is 2. The van der Waals surface area contributed by atoms with Crippen molar-refractivity contribution in [3.8, 4) is 0 Å². The summed E-state index contributed by atoms with van der Waals surface area (Å²) in [5.41, 5.74) is 1.28. The maximum absolute atomic E-state index is 13.5. The van der Waals surface area contributed by atoms with Crippen LogP contribution in [0.4, 0.5) is 23.9 Å². The molecule has 1 aromatic heterocycles. The zero-order valence-corrected chi connectivity index (χ0v) is 19.4. The normalized spacial score (nSPS) is 13.3. The van der Waals surface area contributed by atoms with Crippen molar-refractivity contribution < 1.29 is 22.7 Å². The molecule has 7 nitrogen and oxygen atoms in total. The second kappa shape index (κ2) is 9.81. The first-order chi connectivity index (χ1) is 16.6. The number of nitrogens with zero attached hydrogens (tertiary/aromatic N) is 4. The van der Waals surface area contributed by atoms with Gasteiger partial charge in [-0.25, -0.2) is 9.78 Å². The van der Waals surface area contributed by atoms with E-state index in [1.807, 2.05) is 30.3 Å². The van der Waals surface area contributed by atoms with Crippen LogP contribution in [0.3, 0.4) is 0 Å². The van der Waals surface area contributed by atoms with Crippen LogP contribution in [0.25, 0.3) is 0 Å². The van der Waals surface area contributed by atoms with Crippen molar-refractivity contribution in [1.82, 2.24) is 14.5 Å². The first-order valence-corrected chi connectivity index (χ1v) is 11.0. The smallest absolute Gasteiger partial charge is 0.416 e. The maximum atomic E-state index is 13.5. The van der Waals surface area contributed by atoms with Gasteiger partial charge in [-0.3, -0.25) is 9.36 Å². The topological polar surface area (TPSA) is 67.7 Å². The van der Waals surface area contributed by atoms with Gasteiger partial charge in [0.2, 0.25) is 5.95 Å². The van der Waals surface area contributed by atoms with Crippen LogP contribution in [-0.4, -0.2) is 41.2 Å². The van der Waals surface area contributed by atoms with Crippen LogP contribution in [0.5, 0.6) is 0 Å². The molecule has 0 unspecified atom stereocenters. The van der Waals surface area contributed by atoms with Crippen molar-refractivity contribution in [2.24, 2.45) is 0 Å². The number of alkyl halides is 3. The fraction of sp³-hybridized carbons (Fsp3) is 0.320. The molecular weight excluding hydrogens is 461 g/mol. The van der Waals surface area contributed by atoms with E-state index in [1.54, 1.807) is 19.0 Å². The average molecular weight is 486 g/mol. The number of amides is 1. The first kappa shape index (κ1) is 24.3. The van der Waals surface area contributed by atoms with Gasteiger partial charge in [0.25, 0.3) is 5.56 Å². The number of benzene rings is 2. The maximum Gasteiger partial charge on any atom is 0.416 e. The van der Waals surface area contributed by atoms with E-state index in [-0.39, 0.29) is 25.3 Å². The van der Waals surface area contributed by atoms with E-state index in [9.17, 15) is 22.8 Å². The molecule has 0 atom stereocenters. The Hall–Kier alpha value is -3.82. The third kappa shape index (κ3) is 5.47. The highest BCUT2D eigenvalue weighted by atomic mass is 19.4. The van der Waals surface area contributed by atoms with Crippen molar-refractivity contribution in [3.05, 3.63) is 92.9 Å². The Balaban J connectivity index is 1.57. The summed E-state index contributed by atoms with van der Waals surface area (Å²) in [5.74, 6) is 0.397. The summed E-state index contributed by atoms with van der Waals surface area (Å²) < 4.78 is 45.5. The molecular formula is C25H25F3N4O3. The summed E-state index contributed by atoms with van der Waals surface area (Å²) in [4.78, 5) is 33.9. The third-order valence-electron chi connectivity index (χ3n) is 5.78. The van der Waals surface area contributed by atoms with Gasteiger partial charge in [0.1, 0.15) is 6.61 Å². The Bertz CT molecular complexity index is 1260. The van der Waals surface area contributed by atoms with Gasteiger partial charge in [0, 0.05) is 27.1 Å². The number of fused-ring (bicyclic) bond motifs is 1. The minimum atomic E-state index is -4.43. The third-order valence-corrected chi connectivity index (χ3v) is 5.78. The second-order valence-corrected chi connectivity index (χ2v) is 8.53. The van der Waals surface area contributed by atoms with Crippen LogP contribution >= 0.6 is 0 Å². The van der Waals surface area contributed by atoms with E-state index in [1.165, 1.54) is 21.6 Å². The Labute approximate surface area is 200 Å². The molecule has 0 bridgehead atoms. The monoisotopic (exact) mass is 486 g/mol. The predicted octanol–water partition coefficient (Wildman–Crippen LogP) is 4.07. The summed E-state index contributed by atoms with van der Waals surface area (Å²) in [6.45, 7) is 0.584. The predicted molar refractivity (Wildman–Crippen MR) is 124 cm³/mol. The van der Waals surface area contributed by atoms with Crippen molar-refractivity contribution in [2.75, 3.05) is 25.5 Å². The van der Waals surface area contributed by atoms with Gasteiger partial charge in [0.05, 0.1) is 29.9 Å². The largest absolute Gasteiger partial charge is 0.445 e. The molecule has 2 heterocycles. The van der Waals surface area contributed by atoms with Crippen molar-refractivity contribution in [3.63, 3.8) is 0 Å². The molecule has 0 saturated carbocycles. The molecule has 1 aliphatic rings. The molecule has 0 spiro atoms. The standard InChI is InChI=1S/C25H25F3N4O3/c1-30(2)23-29-21-12-13-31(24(34)35-16-18-6-4-3-5-7-18)15-20(21)22(33)32(23)14-17-8-10-19(11-9-17)25(26,27)28/h3-11H,12-16H2,1-2H3. The van der Waals surface area contributed by atoms with E-state index >= 15 is 0 Å². The lowest BCUT2D eigenvalue weighted by Gasteiger charge is -2.29. The number of hydrogen-bond acceptors (Lipinski definition) is 5. The lowest BCUT2D eigenvalue weighted by molar-refractivity contribution is -0.137. The quantitative estimate of drug-likeness (QED) is 0.544. The molecule has 3 aromatic rings. The highest BCUT2D eigenvalue weighted by Gasteiger charge is 2.30. The summed E-state index contributed by atoms with van der Waals surface area (Å²) in [6.07, 6.45) is -4.56. The number of anilines is 1. The van der Waals surface area contributed by atoms with Gasteiger partial charge in [0.15, 0.2) is 0 Å². The molecule has 1 aliphatic heterocycles. The number of carbonyl (C=O) groups excluding carboxylic acids is 1. The van der Waals surface area contributed by atoms with Crippen LogP contribution < -0.4 is 10.5 Å². The van der Waals surface area contributed by atoms with Gasteiger partial charge in [-0.1, -0.05) is 42.5 Å². The molecule has 10 heteroatoms. The summed E-state index contributed by atoms with van der Waals surface area (Å²) in [5, 5.41) is 0. The van der Waals surface area contributed by atoms with Crippen LogP contribution in [0.15, 0.2) is 59.4 Å². The molecule has 35 heavy (non-hydrogen) atoms. The van der Waals surface area contributed by atoms with E-state index in [0.29, 0.717) is 35.7 Å². The van der Waals surface area contributed by atoms with Gasteiger partial charge < -0.3 is 14.5 Å². The van der Waals surface area contributed by atoms with Crippen molar-refractivity contribution >= 4 is 12.0 Å². The molecule has 4 rings (SSSR count).